The van der Waals surface area contributed by atoms with E-state index in [1.54, 1.807) is 31.0 Å². The summed E-state index contributed by atoms with van der Waals surface area (Å²) in [4.78, 5) is 16.6. The van der Waals surface area contributed by atoms with Crippen molar-refractivity contribution in [2.75, 3.05) is 11.9 Å². The van der Waals surface area contributed by atoms with Crippen LogP contribution in [0.15, 0.2) is 18.3 Å². The molecular weight excluding hydrogens is 206 g/mol. The first kappa shape index (κ1) is 12.0. The average molecular weight is 219 g/mol. The zero-order valence-corrected chi connectivity index (χ0v) is 9.21. The average Bonchev–Trinajstić information content (AvgIpc) is 2.29. The zero-order chi connectivity index (χ0) is 12.1. The molecule has 0 saturated heterocycles. The van der Waals surface area contributed by atoms with E-state index in [9.17, 15) is 4.79 Å². The Labute approximate surface area is 93.9 Å². The van der Waals surface area contributed by atoms with Gasteiger partial charge in [-0.3, -0.25) is 0 Å². The Morgan fingerprint density at radius 1 is 1.69 bits per heavy atom. The molecule has 1 aromatic rings. The molecule has 0 saturated carbocycles. The number of rotatable bonds is 4. The molecule has 1 N–H and O–H groups in total. The molecule has 0 aliphatic rings. The molecule has 0 spiro atoms. The number of hydrogen-bond donors (Lipinski definition) is 1. The van der Waals surface area contributed by atoms with Crippen LogP contribution in [-0.4, -0.2) is 29.1 Å². The van der Waals surface area contributed by atoms with Gasteiger partial charge in [0.15, 0.2) is 0 Å². The number of nitrogens with zero attached hydrogens (tertiary/aromatic N) is 3. The Hall–Kier alpha value is -2.09. The number of anilines is 1. The number of aliphatic carboxylic acids is 1. The number of likely N-dealkylation sites (N-methyl/N-ethyl adjacent to an activating group) is 1. The highest BCUT2D eigenvalue weighted by Crippen LogP contribution is 2.14. The Bertz CT molecular complexity index is 408. The minimum Gasteiger partial charge on any atom is -0.480 e. The molecule has 0 aromatic carbocycles. The monoisotopic (exact) mass is 219 g/mol. The standard InChI is InChI=1S/C11H13N3O2/c1-3-9(11(15)16)14(2)10-5-4-8(6-12)7-13-10/h4-5,7,9H,3H2,1-2H3,(H,15,16). The van der Waals surface area contributed by atoms with E-state index in [1.807, 2.05) is 6.07 Å². The summed E-state index contributed by atoms with van der Waals surface area (Å²) in [6, 6.07) is 4.63. The highest BCUT2D eigenvalue weighted by atomic mass is 16.4. The molecule has 5 heteroatoms. The summed E-state index contributed by atoms with van der Waals surface area (Å²) in [7, 11) is 1.68. The molecule has 0 aliphatic heterocycles. The molecule has 16 heavy (non-hydrogen) atoms. The first-order valence-electron chi connectivity index (χ1n) is 4.92. The summed E-state index contributed by atoms with van der Waals surface area (Å²) in [6.07, 6.45) is 1.92. The highest BCUT2D eigenvalue weighted by Gasteiger charge is 2.21. The van der Waals surface area contributed by atoms with Gasteiger partial charge in [-0.1, -0.05) is 6.92 Å². The lowest BCUT2D eigenvalue weighted by Gasteiger charge is -2.24. The second kappa shape index (κ2) is 5.12. The third-order valence-corrected chi connectivity index (χ3v) is 2.38. The van der Waals surface area contributed by atoms with Gasteiger partial charge in [0.1, 0.15) is 17.9 Å². The molecule has 1 aromatic heterocycles. The first-order valence-corrected chi connectivity index (χ1v) is 4.92. The van der Waals surface area contributed by atoms with E-state index in [0.29, 0.717) is 17.8 Å². The van der Waals surface area contributed by atoms with Crippen LogP contribution in [0.1, 0.15) is 18.9 Å². The summed E-state index contributed by atoms with van der Waals surface area (Å²) < 4.78 is 0. The molecule has 1 unspecified atom stereocenters. The molecule has 0 amide bonds. The van der Waals surface area contributed by atoms with Gasteiger partial charge in [0.25, 0.3) is 0 Å². The van der Waals surface area contributed by atoms with Crippen molar-refractivity contribution in [3.63, 3.8) is 0 Å². The number of hydrogen-bond acceptors (Lipinski definition) is 4. The predicted molar refractivity (Wildman–Crippen MR) is 59.1 cm³/mol. The fourth-order valence-electron chi connectivity index (χ4n) is 1.43. The number of nitriles is 1. The van der Waals surface area contributed by atoms with Crippen molar-refractivity contribution in [1.29, 1.82) is 5.26 Å². The molecule has 1 rings (SSSR count). The van der Waals surface area contributed by atoms with E-state index in [0.717, 1.165) is 0 Å². The topological polar surface area (TPSA) is 77.2 Å². The van der Waals surface area contributed by atoms with Crippen LogP contribution in [-0.2, 0) is 4.79 Å². The van der Waals surface area contributed by atoms with E-state index in [2.05, 4.69) is 4.98 Å². The number of pyridine rings is 1. The van der Waals surface area contributed by atoms with Gasteiger partial charge in [-0.2, -0.15) is 5.26 Å². The van der Waals surface area contributed by atoms with Crippen molar-refractivity contribution in [1.82, 2.24) is 4.98 Å². The maximum absolute atomic E-state index is 10.9. The molecule has 1 heterocycles. The minimum absolute atomic E-state index is 0.459. The van der Waals surface area contributed by atoms with E-state index >= 15 is 0 Å². The second-order valence-electron chi connectivity index (χ2n) is 3.39. The van der Waals surface area contributed by atoms with Gasteiger partial charge in [-0.05, 0) is 18.6 Å². The third-order valence-electron chi connectivity index (χ3n) is 2.38. The predicted octanol–water partition coefficient (Wildman–Crippen LogP) is 1.25. The Balaban J connectivity index is 2.91. The number of aromatic nitrogens is 1. The quantitative estimate of drug-likeness (QED) is 0.824. The van der Waals surface area contributed by atoms with Crippen LogP contribution in [0.25, 0.3) is 0 Å². The van der Waals surface area contributed by atoms with Crippen LogP contribution in [0.3, 0.4) is 0 Å². The summed E-state index contributed by atoms with van der Waals surface area (Å²) in [5.41, 5.74) is 0.459. The first-order chi connectivity index (χ1) is 7.60. The summed E-state index contributed by atoms with van der Waals surface area (Å²) in [5, 5.41) is 17.6. The van der Waals surface area contributed by atoms with Gasteiger partial charge < -0.3 is 10.0 Å². The Kier molecular flexibility index (Phi) is 3.84. The van der Waals surface area contributed by atoms with Gasteiger partial charge in [0, 0.05) is 13.2 Å². The van der Waals surface area contributed by atoms with Gasteiger partial charge in [0.2, 0.25) is 0 Å². The van der Waals surface area contributed by atoms with Crippen LogP contribution < -0.4 is 4.90 Å². The minimum atomic E-state index is -0.879. The second-order valence-corrected chi connectivity index (χ2v) is 3.39. The van der Waals surface area contributed by atoms with Crippen LogP contribution >= 0.6 is 0 Å². The van der Waals surface area contributed by atoms with E-state index in [1.165, 1.54) is 6.20 Å². The fourth-order valence-corrected chi connectivity index (χ4v) is 1.43. The number of carboxylic acids is 1. The van der Waals surface area contributed by atoms with Gasteiger partial charge in [-0.15, -0.1) is 0 Å². The van der Waals surface area contributed by atoms with Gasteiger partial charge in [-0.25, -0.2) is 9.78 Å². The lowest BCUT2D eigenvalue weighted by atomic mass is 10.2. The number of carboxylic acid groups (broad SMARTS) is 1. The molecule has 1 atom stereocenters. The van der Waals surface area contributed by atoms with E-state index in [4.69, 9.17) is 10.4 Å². The van der Waals surface area contributed by atoms with Crippen LogP contribution in [0.5, 0.6) is 0 Å². The fraction of sp³-hybridized carbons (Fsp3) is 0.364. The van der Waals surface area contributed by atoms with Gasteiger partial charge >= 0.3 is 5.97 Å². The molecule has 0 aliphatic carbocycles. The molecule has 84 valence electrons. The summed E-state index contributed by atoms with van der Waals surface area (Å²) in [6.45, 7) is 1.80. The van der Waals surface area contributed by atoms with Gasteiger partial charge in [0.05, 0.1) is 5.56 Å². The van der Waals surface area contributed by atoms with Crippen molar-refractivity contribution in [2.24, 2.45) is 0 Å². The van der Waals surface area contributed by atoms with Crippen LogP contribution in [0.4, 0.5) is 5.82 Å². The number of carbonyl (C=O) groups is 1. The Morgan fingerprint density at radius 2 is 2.38 bits per heavy atom. The van der Waals surface area contributed by atoms with Crippen molar-refractivity contribution in [3.05, 3.63) is 23.9 Å². The van der Waals surface area contributed by atoms with Crippen molar-refractivity contribution < 1.29 is 9.90 Å². The van der Waals surface area contributed by atoms with E-state index in [-0.39, 0.29) is 0 Å². The van der Waals surface area contributed by atoms with Crippen molar-refractivity contribution >= 4 is 11.8 Å². The highest BCUT2D eigenvalue weighted by molar-refractivity contribution is 5.77. The lowest BCUT2D eigenvalue weighted by molar-refractivity contribution is -0.138. The molecule has 0 fully saturated rings. The van der Waals surface area contributed by atoms with Crippen LogP contribution in [0.2, 0.25) is 0 Å². The molecular formula is C11H13N3O2. The van der Waals surface area contributed by atoms with Crippen LogP contribution in [0, 0.1) is 11.3 Å². The summed E-state index contributed by atoms with van der Waals surface area (Å²) in [5.74, 6) is -0.329. The maximum atomic E-state index is 10.9. The largest absolute Gasteiger partial charge is 0.480 e. The smallest absolute Gasteiger partial charge is 0.326 e. The van der Waals surface area contributed by atoms with Crippen molar-refractivity contribution in [2.45, 2.75) is 19.4 Å². The molecule has 5 nitrogen and oxygen atoms in total. The SMILES string of the molecule is CCC(C(=O)O)N(C)c1ccc(C#N)cn1. The third kappa shape index (κ3) is 2.48. The molecule has 0 bridgehead atoms. The Morgan fingerprint density at radius 3 is 2.75 bits per heavy atom. The van der Waals surface area contributed by atoms with E-state index < -0.39 is 12.0 Å². The maximum Gasteiger partial charge on any atom is 0.326 e. The zero-order valence-electron chi connectivity index (χ0n) is 9.21. The molecule has 0 radical (unpaired) electrons. The summed E-state index contributed by atoms with van der Waals surface area (Å²) >= 11 is 0. The van der Waals surface area contributed by atoms with Crippen molar-refractivity contribution in [3.8, 4) is 6.07 Å². The normalized spacial score (nSPS) is 11.6. The lowest BCUT2D eigenvalue weighted by Crippen LogP contribution is -2.38.